The minimum absolute atomic E-state index is 0.0314. The Kier molecular flexibility index (Phi) is 7.65. The van der Waals surface area contributed by atoms with E-state index in [1.54, 1.807) is 22.3 Å². The Labute approximate surface area is 204 Å². The maximum atomic E-state index is 13.5. The molecule has 7 heteroatoms. The molecule has 1 aliphatic heterocycles. The molecule has 2 aromatic carbocycles. The van der Waals surface area contributed by atoms with Gasteiger partial charge in [-0.25, -0.2) is 0 Å². The van der Waals surface area contributed by atoms with E-state index >= 15 is 0 Å². The summed E-state index contributed by atoms with van der Waals surface area (Å²) in [6, 6.07) is 17.2. The molecule has 0 N–H and O–H groups in total. The maximum absolute atomic E-state index is 13.5. The predicted molar refractivity (Wildman–Crippen MR) is 133 cm³/mol. The average molecular weight is 477 g/mol. The van der Waals surface area contributed by atoms with Crippen LogP contribution in [-0.4, -0.2) is 41.5 Å². The van der Waals surface area contributed by atoms with E-state index in [9.17, 15) is 9.59 Å². The molecule has 0 atom stereocenters. The number of hydrogen-bond donors (Lipinski definition) is 0. The van der Waals surface area contributed by atoms with Crippen LogP contribution in [0.15, 0.2) is 72.6 Å². The number of aryl methyl sites for hydroxylation is 1. The van der Waals surface area contributed by atoms with Crippen LogP contribution in [0.4, 0.5) is 0 Å². The van der Waals surface area contributed by atoms with Crippen LogP contribution in [0.2, 0.25) is 0 Å². The van der Waals surface area contributed by atoms with E-state index in [0.717, 1.165) is 22.4 Å². The van der Waals surface area contributed by atoms with Crippen LogP contribution in [0.1, 0.15) is 33.3 Å². The molecular formula is C27H28N2O4S. The second-order valence-electron chi connectivity index (χ2n) is 8.04. The number of fused-ring (bicyclic) bond motifs is 1. The lowest BCUT2D eigenvalue weighted by Gasteiger charge is -2.27. The number of ether oxygens (including phenoxy) is 2. The van der Waals surface area contributed by atoms with Crippen LogP contribution in [0.5, 0.6) is 11.5 Å². The van der Waals surface area contributed by atoms with E-state index in [4.69, 9.17) is 9.47 Å². The van der Waals surface area contributed by atoms with Gasteiger partial charge in [-0.15, -0.1) is 17.9 Å². The van der Waals surface area contributed by atoms with Gasteiger partial charge in [-0.1, -0.05) is 37.3 Å². The van der Waals surface area contributed by atoms with Gasteiger partial charge in [-0.3, -0.25) is 9.59 Å². The first kappa shape index (κ1) is 23.6. The van der Waals surface area contributed by atoms with Crippen molar-refractivity contribution >= 4 is 23.2 Å². The van der Waals surface area contributed by atoms with Gasteiger partial charge in [0.1, 0.15) is 6.54 Å². The number of thiophene rings is 1. The van der Waals surface area contributed by atoms with Gasteiger partial charge in [0.25, 0.3) is 5.91 Å². The van der Waals surface area contributed by atoms with Crippen molar-refractivity contribution in [2.24, 2.45) is 0 Å². The van der Waals surface area contributed by atoms with E-state index in [0.29, 0.717) is 30.2 Å². The maximum Gasteiger partial charge on any atom is 0.254 e. The highest BCUT2D eigenvalue weighted by Gasteiger charge is 2.23. The molecule has 0 spiro atoms. The molecule has 0 saturated carbocycles. The normalized spacial score (nSPS) is 11.8. The summed E-state index contributed by atoms with van der Waals surface area (Å²) in [4.78, 5) is 31.0. The molecule has 0 radical (unpaired) electrons. The SMILES string of the molecule is C=CCN(CC(=O)N(Cc1ccc2c(c1)OCO2)Cc1cccs1)C(=O)c1ccc(CC)cc1. The van der Waals surface area contributed by atoms with Crippen molar-refractivity contribution in [1.29, 1.82) is 0 Å². The van der Waals surface area contributed by atoms with E-state index in [1.807, 2.05) is 60.0 Å². The van der Waals surface area contributed by atoms with Crippen LogP contribution < -0.4 is 9.47 Å². The molecule has 6 nitrogen and oxygen atoms in total. The summed E-state index contributed by atoms with van der Waals surface area (Å²) in [5.41, 5.74) is 2.66. The van der Waals surface area contributed by atoms with E-state index in [1.165, 1.54) is 4.90 Å². The van der Waals surface area contributed by atoms with Crippen molar-refractivity contribution in [3.8, 4) is 11.5 Å². The lowest BCUT2D eigenvalue weighted by atomic mass is 10.1. The molecule has 3 aromatic rings. The van der Waals surface area contributed by atoms with E-state index < -0.39 is 0 Å². The quantitative estimate of drug-likeness (QED) is 0.391. The summed E-state index contributed by atoms with van der Waals surface area (Å²) < 4.78 is 10.9. The zero-order valence-corrected chi connectivity index (χ0v) is 20.1. The molecule has 2 amide bonds. The first-order valence-electron chi connectivity index (χ1n) is 11.2. The third kappa shape index (κ3) is 5.66. The summed E-state index contributed by atoms with van der Waals surface area (Å²) in [5, 5.41) is 1.99. The monoisotopic (exact) mass is 476 g/mol. The first-order valence-corrected chi connectivity index (χ1v) is 12.1. The van der Waals surface area contributed by atoms with Crippen molar-refractivity contribution in [2.75, 3.05) is 19.9 Å². The van der Waals surface area contributed by atoms with Crippen LogP contribution in [-0.2, 0) is 24.3 Å². The van der Waals surface area contributed by atoms with Gasteiger partial charge in [-0.05, 0) is 53.3 Å². The van der Waals surface area contributed by atoms with Gasteiger partial charge in [0.05, 0.1) is 6.54 Å². The number of amides is 2. The number of carbonyl (C=O) groups excluding carboxylic acids is 2. The third-order valence-electron chi connectivity index (χ3n) is 5.66. The Bertz CT molecular complexity index is 1140. The molecule has 0 unspecified atom stereocenters. The number of benzene rings is 2. The number of rotatable bonds is 10. The van der Waals surface area contributed by atoms with Crippen LogP contribution in [0, 0.1) is 0 Å². The van der Waals surface area contributed by atoms with Crippen LogP contribution in [0.3, 0.4) is 0 Å². The summed E-state index contributed by atoms with van der Waals surface area (Å²) in [6.45, 7) is 7.17. The largest absolute Gasteiger partial charge is 0.454 e. The highest BCUT2D eigenvalue weighted by Crippen LogP contribution is 2.33. The zero-order valence-electron chi connectivity index (χ0n) is 19.2. The van der Waals surface area contributed by atoms with Crippen molar-refractivity contribution in [3.05, 3.63) is 94.2 Å². The van der Waals surface area contributed by atoms with Crippen molar-refractivity contribution in [3.63, 3.8) is 0 Å². The Morgan fingerprint density at radius 1 is 1.00 bits per heavy atom. The number of hydrogen-bond acceptors (Lipinski definition) is 5. The Morgan fingerprint density at radius 2 is 1.76 bits per heavy atom. The van der Waals surface area contributed by atoms with Crippen molar-refractivity contribution < 1.29 is 19.1 Å². The summed E-state index contributed by atoms with van der Waals surface area (Å²) in [6.07, 6.45) is 2.55. The second kappa shape index (κ2) is 11.0. The molecule has 0 saturated heterocycles. The molecule has 1 aliphatic rings. The van der Waals surface area contributed by atoms with Gasteiger partial charge < -0.3 is 19.3 Å². The molecule has 0 fully saturated rings. The Hall–Kier alpha value is -3.58. The van der Waals surface area contributed by atoms with Crippen molar-refractivity contribution in [2.45, 2.75) is 26.4 Å². The summed E-state index contributed by atoms with van der Waals surface area (Å²) in [5.74, 6) is 1.07. The fourth-order valence-electron chi connectivity index (χ4n) is 3.79. The minimum Gasteiger partial charge on any atom is -0.454 e. The van der Waals surface area contributed by atoms with Gasteiger partial charge >= 0.3 is 0 Å². The van der Waals surface area contributed by atoms with Crippen LogP contribution >= 0.6 is 11.3 Å². The fourth-order valence-corrected chi connectivity index (χ4v) is 4.51. The lowest BCUT2D eigenvalue weighted by molar-refractivity contribution is -0.133. The average Bonchev–Trinajstić information content (AvgIpc) is 3.54. The second-order valence-corrected chi connectivity index (χ2v) is 9.07. The smallest absolute Gasteiger partial charge is 0.254 e. The summed E-state index contributed by atoms with van der Waals surface area (Å²) >= 11 is 1.60. The van der Waals surface area contributed by atoms with Gasteiger partial charge in [-0.2, -0.15) is 0 Å². The fraction of sp³-hybridized carbons (Fsp3) is 0.259. The topological polar surface area (TPSA) is 59.1 Å². The third-order valence-corrected chi connectivity index (χ3v) is 6.52. The molecule has 1 aromatic heterocycles. The Balaban J connectivity index is 1.52. The molecule has 2 heterocycles. The highest BCUT2D eigenvalue weighted by molar-refractivity contribution is 7.09. The minimum atomic E-state index is -0.185. The number of carbonyl (C=O) groups is 2. The standard InChI is InChI=1S/C27H28N2O4S/c1-3-13-28(27(31)22-10-7-20(4-2)8-11-22)18-26(30)29(17-23-6-5-14-34-23)16-21-9-12-24-25(15-21)33-19-32-24/h3,5-12,14-15H,1,4,13,16-19H2,2H3. The Morgan fingerprint density at radius 3 is 2.47 bits per heavy atom. The lowest BCUT2D eigenvalue weighted by Crippen LogP contribution is -2.42. The van der Waals surface area contributed by atoms with Gasteiger partial charge in [0.2, 0.25) is 12.7 Å². The van der Waals surface area contributed by atoms with Gasteiger partial charge in [0.15, 0.2) is 11.5 Å². The molecule has 0 aliphatic carbocycles. The molecule has 176 valence electrons. The summed E-state index contributed by atoms with van der Waals surface area (Å²) in [7, 11) is 0. The zero-order chi connectivity index (χ0) is 23.9. The van der Waals surface area contributed by atoms with E-state index in [-0.39, 0.29) is 31.7 Å². The molecular weight excluding hydrogens is 448 g/mol. The predicted octanol–water partition coefficient (Wildman–Crippen LogP) is 4.90. The molecule has 34 heavy (non-hydrogen) atoms. The highest BCUT2D eigenvalue weighted by atomic mass is 32.1. The number of nitrogens with zero attached hydrogens (tertiary/aromatic N) is 2. The first-order chi connectivity index (χ1) is 16.6. The molecule has 0 bridgehead atoms. The van der Waals surface area contributed by atoms with Gasteiger partial charge in [0, 0.05) is 23.5 Å². The van der Waals surface area contributed by atoms with E-state index in [2.05, 4.69) is 13.5 Å². The van der Waals surface area contributed by atoms with Crippen molar-refractivity contribution in [1.82, 2.24) is 9.80 Å². The van der Waals surface area contributed by atoms with Crippen LogP contribution in [0.25, 0.3) is 0 Å². The molecule has 4 rings (SSSR count).